The molecule has 0 saturated carbocycles. The van der Waals surface area contributed by atoms with Crippen LogP contribution in [0, 0.1) is 0 Å². The number of nitrogen functional groups attached to an aromatic ring is 1. The second-order valence-corrected chi connectivity index (χ2v) is 8.00. The Bertz CT molecular complexity index is 1050. The van der Waals surface area contributed by atoms with Crippen molar-refractivity contribution in [3.05, 3.63) is 53.2 Å². The summed E-state index contributed by atoms with van der Waals surface area (Å²) < 4.78 is 5.21. The Balaban J connectivity index is 1.32. The number of hydrogen-bond donors (Lipinski definition) is 1. The predicted octanol–water partition coefficient (Wildman–Crippen LogP) is 2.64. The van der Waals surface area contributed by atoms with Crippen molar-refractivity contribution in [3.63, 3.8) is 0 Å². The molecule has 0 aliphatic carbocycles. The molecule has 0 unspecified atom stereocenters. The van der Waals surface area contributed by atoms with Gasteiger partial charge in [0.2, 0.25) is 5.91 Å². The van der Waals surface area contributed by atoms with Crippen molar-refractivity contribution in [2.45, 2.75) is 6.54 Å². The number of piperazine rings is 1. The highest BCUT2D eigenvalue weighted by molar-refractivity contribution is 7.14. The molecule has 0 atom stereocenters. The number of aromatic nitrogens is 2. The van der Waals surface area contributed by atoms with Crippen LogP contribution in [0.25, 0.3) is 17.0 Å². The van der Waals surface area contributed by atoms with E-state index in [1.165, 1.54) is 6.33 Å². The van der Waals surface area contributed by atoms with Gasteiger partial charge in [-0.2, -0.15) is 0 Å². The molecule has 29 heavy (non-hydrogen) atoms. The van der Waals surface area contributed by atoms with E-state index in [0.29, 0.717) is 25.5 Å². The molecule has 1 amide bonds. The van der Waals surface area contributed by atoms with Crippen molar-refractivity contribution in [2.24, 2.45) is 0 Å². The molecular weight excluding hydrogens is 386 g/mol. The van der Waals surface area contributed by atoms with Gasteiger partial charge in [-0.05, 0) is 35.9 Å². The molecular formula is C21H23N5O2S. The number of methoxy groups -OCH3 is 1. The maximum absolute atomic E-state index is 12.6. The van der Waals surface area contributed by atoms with Crippen LogP contribution < -0.4 is 10.5 Å². The van der Waals surface area contributed by atoms with Gasteiger partial charge in [0.05, 0.1) is 19.2 Å². The SMILES string of the molecule is COc1ccc(/C=C/CN2CCN(Cc3ccc4c(N)ncnc4c3)C(=O)C2)s1. The number of thiophene rings is 1. The standard InChI is InChI=1S/C21H23N5O2S/c1-28-20-7-5-16(29-20)3-2-8-25-9-10-26(19(27)13-25)12-15-4-6-17-18(11-15)23-14-24-21(17)22/h2-7,11,14H,8-10,12-13H2,1H3,(H2,22,23,24)/b3-2+. The fourth-order valence-corrected chi connectivity index (χ4v) is 4.13. The molecule has 0 bridgehead atoms. The highest BCUT2D eigenvalue weighted by Crippen LogP contribution is 2.25. The van der Waals surface area contributed by atoms with Crippen molar-refractivity contribution in [2.75, 3.05) is 39.0 Å². The number of rotatable bonds is 6. The van der Waals surface area contributed by atoms with E-state index in [-0.39, 0.29) is 5.91 Å². The molecule has 3 aromatic rings. The lowest BCUT2D eigenvalue weighted by molar-refractivity contribution is -0.136. The first kappa shape index (κ1) is 19.4. The van der Waals surface area contributed by atoms with Crippen molar-refractivity contribution >= 4 is 40.0 Å². The summed E-state index contributed by atoms with van der Waals surface area (Å²) in [5.41, 5.74) is 7.73. The lowest BCUT2D eigenvalue weighted by atomic mass is 10.1. The lowest BCUT2D eigenvalue weighted by Gasteiger charge is -2.33. The number of fused-ring (bicyclic) bond motifs is 1. The predicted molar refractivity (Wildman–Crippen MR) is 116 cm³/mol. The van der Waals surface area contributed by atoms with Crippen LogP contribution in [0.4, 0.5) is 5.82 Å². The first-order valence-corrected chi connectivity index (χ1v) is 10.2. The Morgan fingerprint density at radius 3 is 2.93 bits per heavy atom. The lowest BCUT2D eigenvalue weighted by Crippen LogP contribution is -2.49. The van der Waals surface area contributed by atoms with Crippen LogP contribution in [-0.4, -0.2) is 59.0 Å². The highest BCUT2D eigenvalue weighted by atomic mass is 32.1. The summed E-state index contributed by atoms with van der Waals surface area (Å²) in [4.78, 5) is 26.1. The van der Waals surface area contributed by atoms with Gasteiger partial charge >= 0.3 is 0 Å². The Morgan fingerprint density at radius 2 is 2.14 bits per heavy atom. The highest BCUT2D eigenvalue weighted by Gasteiger charge is 2.23. The number of nitrogens with two attached hydrogens (primary N) is 1. The smallest absolute Gasteiger partial charge is 0.237 e. The third kappa shape index (κ3) is 4.55. The number of ether oxygens (including phenoxy) is 1. The molecule has 3 heterocycles. The Kier molecular flexibility index (Phi) is 5.73. The van der Waals surface area contributed by atoms with Gasteiger partial charge in [0, 0.05) is 36.4 Å². The third-order valence-corrected chi connectivity index (χ3v) is 5.96. The first-order chi connectivity index (χ1) is 14.1. The van der Waals surface area contributed by atoms with E-state index in [9.17, 15) is 4.79 Å². The zero-order valence-electron chi connectivity index (χ0n) is 16.2. The van der Waals surface area contributed by atoms with Crippen LogP contribution in [0.3, 0.4) is 0 Å². The molecule has 2 aromatic heterocycles. The second kappa shape index (κ2) is 8.59. The third-order valence-electron chi connectivity index (χ3n) is 4.95. The fourth-order valence-electron chi connectivity index (χ4n) is 3.37. The Morgan fingerprint density at radius 1 is 1.24 bits per heavy atom. The first-order valence-electron chi connectivity index (χ1n) is 9.42. The summed E-state index contributed by atoms with van der Waals surface area (Å²) in [6, 6.07) is 9.88. The summed E-state index contributed by atoms with van der Waals surface area (Å²) in [5.74, 6) is 0.616. The quantitative estimate of drug-likeness (QED) is 0.674. The second-order valence-electron chi connectivity index (χ2n) is 6.92. The number of carbonyl (C=O) groups is 1. The average Bonchev–Trinajstić information content (AvgIpc) is 3.18. The van der Waals surface area contributed by atoms with Crippen LogP contribution in [0.5, 0.6) is 5.06 Å². The van der Waals surface area contributed by atoms with Gasteiger partial charge < -0.3 is 15.4 Å². The van der Waals surface area contributed by atoms with Crippen molar-refractivity contribution in [3.8, 4) is 5.06 Å². The van der Waals surface area contributed by atoms with Crippen LogP contribution in [0.2, 0.25) is 0 Å². The summed E-state index contributed by atoms with van der Waals surface area (Å²) in [7, 11) is 1.67. The summed E-state index contributed by atoms with van der Waals surface area (Å²) in [6.45, 7) is 3.33. The minimum atomic E-state index is 0.143. The summed E-state index contributed by atoms with van der Waals surface area (Å²) in [6.07, 6.45) is 5.64. The number of amides is 1. The zero-order chi connectivity index (χ0) is 20.2. The van der Waals surface area contributed by atoms with Gasteiger partial charge in [-0.3, -0.25) is 9.69 Å². The molecule has 4 rings (SSSR count). The van der Waals surface area contributed by atoms with Crippen LogP contribution in [0.15, 0.2) is 42.7 Å². The number of anilines is 1. The average molecular weight is 410 g/mol. The van der Waals surface area contributed by atoms with Crippen LogP contribution >= 0.6 is 11.3 Å². The van der Waals surface area contributed by atoms with Gasteiger partial charge in [0.15, 0.2) is 5.06 Å². The normalized spacial score (nSPS) is 15.5. The molecule has 1 fully saturated rings. The molecule has 0 radical (unpaired) electrons. The number of hydrogen-bond acceptors (Lipinski definition) is 7. The van der Waals surface area contributed by atoms with Gasteiger partial charge in [0.25, 0.3) is 0 Å². The molecule has 2 N–H and O–H groups in total. The van der Waals surface area contributed by atoms with E-state index >= 15 is 0 Å². The molecule has 1 saturated heterocycles. The molecule has 150 valence electrons. The molecule has 8 heteroatoms. The van der Waals surface area contributed by atoms with E-state index in [1.54, 1.807) is 18.4 Å². The minimum Gasteiger partial charge on any atom is -0.487 e. The van der Waals surface area contributed by atoms with Crippen LogP contribution in [0.1, 0.15) is 10.4 Å². The van der Waals surface area contributed by atoms with Gasteiger partial charge in [-0.25, -0.2) is 9.97 Å². The maximum Gasteiger partial charge on any atom is 0.237 e. The number of carbonyl (C=O) groups excluding carboxylic acids is 1. The molecule has 0 spiro atoms. The molecule has 1 aromatic carbocycles. The molecule has 7 nitrogen and oxygen atoms in total. The van der Waals surface area contributed by atoms with Crippen molar-refractivity contribution in [1.29, 1.82) is 0 Å². The Hall–Kier alpha value is -2.97. The zero-order valence-corrected chi connectivity index (χ0v) is 17.1. The van der Waals surface area contributed by atoms with E-state index in [1.807, 2.05) is 35.2 Å². The monoisotopic (exact) mass is 409 g/mol. The minimum absolute atomic E-state index is 0.143. The summed E-state index contributed by atoms with van der Waals surface area (Å²) >= 11 is 1.60. The largest absolute Gasteiger partial charge is 0.487 e. The van der Waals surface area contributed by atoms with E-state index < -0.39 is 0 Å². The summed E-state index contributed by atoms with van der Waals surface area (Å²) in [5, 5.41) is 1.74. The number of nitrogens with zero attached hydrogens (tertiary/aromatic N) is 4. The topological polar surface area (TPSA) is 84.6 Å². The molecule has 1 aliphatic heterocycles. The van der Waals surface area contributed by atoms with E-state index in [2.05, 4.69) is 27.0 Å². The van der Waals surface area contributed by atoms with Gasteiger partial charge in [-0.1, -0.05) is 23.5 Å². The Labute approximate surface area is 173 Å². The van der Waals surface area contributed by atoms with Gasteiger partial charge in [-0.15, -0.1) is 0 Å². The van der Waals surface area contributed by atoms with Crippen LogP contribution in [-0.2, 0) is 11.3 Å². The maximum atomic E-state index is 12.6. The van der Waals surface area contributed by atoms with E-state index in [0.717, 1.165) is 39.5 Å². The van der Waals surface area contributed by atoms with E-state index in [4.69, 9.17) is 10.5 Å². The number of benzene rings is 1. The van der Waals surface area contributed by atoms with Crippen molar-refractivity contribution in [1.82, 2.24) is 19.8 Å². The molecule has 1 aliphatic rings. The van der Waals surface area contributed by atoms with Crippen molar-refractivity contribution < 1.29 is 9.53 Å². The fraction of sp³-hybridized carbons (Fsp3) is 0.286. The van der Waals surface area contributed by atoms with Gasteiger partial charge in [0.1, 0.15) is 12.1 Å².